The minimum Gasteiger partial charge on any atom is -0.384 e. The molecule has 1 aromatic rings. The molecule has 0 aliphatic carbocycles. The SMILES string of the molecule is CCC(CC)NCCNc1cccc(Br)c1. The second kappa shape index (κ2) is 7.69. The fraction of sp³-hybridized carbons (Fsp3) is 0.538. The molecule has 0 saturated heterocycles. The standard InChI is InChI=1S/C13H21BrN2/c1-3-12(4-2)15-8-9-16-13-7-5-6-11(14)10-13/h5-7,10,12,15-16H,3-4,8-9H2,1-2H3. The van der Waals surface area contributed by atoms with Crippen molar-refractivity contribution in [1.82, 2.24) is 5.32 Å². The summed E-state index contributed by atoms with van der Waals surface area (Å²) in [7, 11) is 0. The molecule has 0 fully saturated rings. The second-order valence-electron chi connectivity index (χ2n) is 3.90. The number of hydrogen-bond acceptors (Lipinski definition) is 2. The Bertz CT molecular complexity index is 298. The minimum atomic E-state index is 0.657. The van der Waals surface area contributed by atoms with Gasteiger partial charge in [0.2, 0.25) is 0 Å². The average molecular weight is 285 g/mol. The van der Waals surface area contributed by atoms with Gasteiger partial charge in [0.15, 0.2) is 0 Å². The van der Waals surface area contributed by atoms with Crippen LogP contribution in [0.1, 0.15) is 26.7 Å². The first-order valence-corrected chi connectivity index (χ1v) is 6.78. The fourth-order valence-corrected chi connectivity index (χ4v) is 2.06. The summed E-state index contributed by atoms with van der Waals surface area (Å²) in [5.41, 5.74) is 1.17. The maximum Gasteiger partial charge on any atom is 0.0351 e. The summed E-state index contributed by atoms with van der Waals surface area (Å²) in [6.45, 7) is 6.43. The molecule has 0 amide bonds. The van der Waals surface area contributed by atoms with Crippen LogP contribution in [0.25, 0.3) is 0 Å². The molecule has 2 N–H and O–H groups in total. The van der Waals surface area contributed by atoms with E-state index in [4.69, 9.17) is 0 Å². The van der Waals surface area contributed by atoms with Gasteiger partial charge in [-0.25, -0.2) is 0 Å². The van der Waals surface area contributed by atoms with Gasteiger partial charge in [-0.05, 0) is 31.0 Å². The molecule has 0 spiro atoms. The molecule has 3 heteroatoms. The van der Waals surface area contributed by atoms with Gasteiger partial charge in [-0.15, -0.1) is 0 Å². The highest BCUT2D eigenvalue weighted by atomic mass is 79.9. The maximum atomic E-state index is 3.53. The van der Waals surface area contributed by atoms with Crippen LogP contribution in [0.4, 0.5) is 5.69 Å². The van der Waals surface area contributed by atoms with Gasteiger partial charge in [0.05, 0.1) is 0 Å². The molecule has 0 saturated carbocycles. The van der Waals surface area contributed by atoms with Crippen molar-refractivity contribution in [2.75, 3.05) is 18.4 Å². The van der Waals surface area contributed by atoms with Gasteiger partial charge in [-0.1, -0.05) is 35.8 Å². The van der Waals surface area contributed by atoms with E-state index in [1.54, 1.807) is 0 Å². The van der Waals surface area contributed by atoms with Crippen molar-refractivity contribution in [3.05, 3.63) is 28.7 Å². The Morgan fingerprint density at radius 3 is 2.56 bits per heavy atom. The highest BCUT2D eigenvalue weighted by molar-refractivity contribution is 9.10. The van der Waals surface area contributed by atoms with Crippen LogP contribution >= 0.6 is 15.9 Å². The molecule has 0 atom stereocenters. The summed E-state index contributed by atoms with van der Waals surface area (Å²) in [6, 6.07) is 8.91. The van der Waals surface area contributed by atoms with Crippen LogP contribution in [0.15, 0.2) is 28.7 Å². The molecular weight excluding hydrogens is 264 g/mol. The summed E-state index contributed by atoms with van der Waals surface area (Å²) < 4.78 is 1.12. The summed E-state index contributed by atoms with van der Waals surface area (Å²) in [4.78, 5) is 0. The van der Waals surface area contributed by atoms with Crippen LogP contribution in [-0.4, -0.2) is 19.1 Å². The molecule has 0 radical (unpaired) electrons. The van der Waals surface area contributed by atoms with E-state index in [1.165, 1.54) is 18.5 Å². The molecule has 1 aromatic carbocycles. The van der Waals surface area contributed by atoms with Crippen molar-refractivity contribution in [2.45, 2.75) is 32.7 Å². The smallest absolute Gasteiger partial charge is 0.0351 e. The van der Waals surface area contributed by atoms with Gasteiger partial charge in [0.25, 0.3) is 0 Å². The van der Waals surface area contributed by atoms with Crippen LogP contribution in [0.3, 0.4) is 0 Å². The third-order valence-corrected chi connectivity index (χ3v) is 3.19. The summed E-state index contributed by atoms with van der Waals surface area (Å²) >= 11 is 3.46. The second-order valence-corrected chi connectivity index (χ2v) is 4.82. The van der Waals surface area contributed by atoms with Crippen molar-refractivity contribution in [3.63, 3.8) is 0 Å². The number of hydrogen-bond donors (Lipinski definition) is 2. The molecule has 0 aromatic heterocycles. The molecule has 0 unspecified atom stereocenters. The third kappa shape index (κ3) is 4.99. The van der Waals surface area contributed by atoms with Gasteiger partial charge in [-0.3, -0.25) is 0 Å². The number of halogens is 1. The minimum absolute atomic E-state index is 0.657. The van der Waals surface area contributed by atoms with Crippen molar-refractivity contribution in [1.29, 1.82) is 0 Å². The third-order valence-electron chi connectivity index (χ3n) is 2.70. The summed E-state index contributed by atoms with van der Waals surface area (Å²) in [5.74, 6) is 0. The Morgan fingerprint density at radius 1 is 1.19 bits per heavy atom. The van der Waals surface area contributed by atoms with Crippen LogP contribution in [0.2, 0.25) is 0 Å². The van der Waals surface area contributed by atoms with Crippen LogP contribution in [0.5, 0.6) is 0 Å². The van der Waals surface area contributed by atoms with Crippen LogP contribution < -0.4 is 10.6 Å². The number of anilines is 1. The molecule has 16 heavy (non-hydrogen) atoms. The zero-order valence-electron chi connectivity index (χ0n) is 10.1. The molecule has 0 heterocycles. The summed E-state index contributed by atoms with van der Waals surface area (Å²) in [6.07, 6.45) is 2.40. The van der Waals surface area contributed by atoms with E-state index >= 15 is 0 Å². The number of nitrogens with one attached hydrogen (secondary N) is 2. The van der Waals surface area contributed by atoms with E-state index in [1.807, 2.05) is 12.1 Å². The maximum absolute atomic E-state index is 3.53. The van der Waals surface area contributed by atoms with E-state index in [-0.39, 0.29) is 0 Å². The summed E-state index contributed by atoms with van der Waals surface area (Å²) in [5, 5.41) is 6.93. The fourth-order valence-electron chi connectivity index (χ4n) is 1.66. The van der Waals surface area contributed by atoms with Crippen molar-refractivity contribution < 1.29 is 0 Å². The first-order chi connectivity index (χ1) is 7.76. The first kappa shape index (κ1) is 13.5. The number of rotatable bonds is 7. The Labute approximate surface area is 107 Å². The Balaban J connectivity index is 2.20. The van der Waals surface area contributed by atoms with E-state index < -0.39 is 0 Å². The van der Waals surface area contributed by atoms with E-state index in [0.717, 1.165) is 17.6 Å². The Hall–Kier alpha value is -0.540. The van der Waals surface area contributed by atoms with Gasteiger partial charge in [-0.2, -0.15) is 0 Å². The monoisotopic (exact) mass is 284 g/mol. The van der Waals surface area contributed by atoms with E-state index in [9.17, 15) is 0 Å². The van der Waals surface area contributed by atoms with Crippen LogP contribution in [0, 0.1) is 0 Å². The molecule has 1 rings (SSSR count). The normalized spacial score (nSPS) is 10.8. The topological polar surface area (TPSA) is 24.1 Å². The van der Waals surface area contributed by atoms with Crippen molar-refractivity contribution >= 4 is 21.6 Å². The zero-order valence-corrected chi connectivity index (χ0v) is 11.7. The lowest BCUT2D eigenvalue weighted by atomic mass is 10.2. The van der Waals surface area contributed by atoms with Gasteiger partial charge >= 0.3 is 0 Å². The molecular formula is C13H21BrN2. The molecule has 0 bridgehead atoms. The van der Waals surface area contributed by atoms with Crippen LogP contribution in [-0.2, 0) is 0 Å². The highest BCUT2D eigenvalue weighted by Gasteiger charge is 2.00. The van der Waals surface area contributed by atoms with Gasteiger partial charge < -0.3 is 10.6 Å². The quantitative estimate of drug-likeness (QED) is 0.747. The predicted molar refractivity (Wildman–Crippen MR) is 75.0 cm³/mol. The largest absolute Gasteiger partial charge is 0.384 e. The van der Waals surface area contributed by atoms with Gasteiger partial charge in [0.1, 0.15) is 0 Å². The van der Waals surface area contributed by atoms with Crippen molar-refractivity contribution in [2.24, 2.45) is 0 Å². The Morgan fingerprint density at radius 2 is 1.94 bits per heavy atom. The molecule has 0 aliphatic rings. The number of benzene rings is 1. The lowest BCUT2D eigenvalue weighted by Crippen LogP contribution is -2.31. The van der Waals surface area contributed by atoms with Gasteiger partial charge in [0, 0.05) is 29.3 Å². The van der Waals surface area contributed by atoms with E-state index in [0.29, 0.717) is 6.04 Å². The van der Waals surface area contributed by atoms with E-state index in [2.05, 4.69) is 52.5 Å². The zero-order chi connectivity index (χ0) is 11.8. The predicted octanol–water partition coefficient (Wildman–Crippen LogP) is 3.64. The van der Waals surface area contributed by atoms with Crippen molar-refractivity contribution in [3.8, 4) is 0 Å². The molecule has 0 aliphatic heterocycles. The lowest BCUT2D eigenvalue weighted by Gasteiger charge is -2.15. The Kier molecular flexibility index (Phi) is 6.50. The first-order valence-electron chi connectivity index (χ1n) is 5.99. The lowest BCUT2D eigenvalue weighted by molar-refractivity contribution is 0.494. The molecule has 2 nitrogen and oxygen atoms in total. The molecule has 90 valence electrons. The highest BCUT2D eigenvalue weighted by Crippen LogP contribution is 2.14. The average Bonchev–Trinajstić information content (AvgIpc) is 2.29.